The van der Waals surface area contributed by atoms with E-state index in [2.05, 4.69) is 25.4 Å². The maximum Gasteiger partial charge on any atom is 0.224 e. The first-order chi connectivity index (χ1) is 16.3. The van der Waals surface area contributed by atoms with Gasteiger partial charge in [0.25, 0.3) is 0 Å². The van der Waals surface area contributed by atoms with Gasteiger partial charge in [-0.15, -0.1) is 0 Å². The van der Waals surface area contributed by atoms with Crippen molar-refractivity contribution in [2.24, 2.45) is 17.9 Å². The van der Waals surface area contributed by atoms with Crippen molar-refractivity contribution < 1.29 is 13.5 Å². The molecule has 14 heteroatoms. The number of nitrogens with one attached hydrogen (secondary N) is 1. The minimum atomic E-state index is -3.20. The summed E-state index contributed by atoms with van der Waals surface area (Å²) in [7, 11) is -1.33. The molecule has 1 aliphatic heterocycles. The molecule has 3 heterocycles. The number of hydrogen-bond donors (Lipinski definition) is 3. The van der Waals surface area contributed by atoms with Crippen molar-refractivity contribution in [1.82, 2.24) is 28.8 Å². The van der Waals surface area contributed by atoms with Crippen LogP contribution < -0.4 is 11.1 Å². The van der Waals surface area contributed by atoms with Crippen molar-refractivity contribution in [3.05, 3.63) is 24.3 Å². The van der Waals surface area contributed by atoms with Gasteiger partial charge in [0, 0.05) is 32.7 Å². The fourth-order valence-electron chi connectivity index (χ4n) is 3.58. The van der Waals surface area contributed by atoms with Crippen molar-refractivity contribution in [3.8, 4) is 11.4 Å². The molecule has 0 spiro atoms. The molecule has 35 heavy (non-hydrogen) atoms. The van der Waals surface area contributed by atoms with Gasteiger partial charge in [-0.25, -0.2) is 32.7 Å². The number of hydrazone groups is 1. The molecule has 2 aromatic heterocycles. The summed E-state index contributed by atoms with van der Waals surface area (Å²) in [5.74, 6) is 0.404. The summed E-state index contributed by atoms with van der Waals surface area (Å²) in [5.41, 5.74) is 6.90. The van der Waals surface area contributed by atoms with E-state index in [0.29, 0.717) is 56.2 Å². The monoisotopic (exact) mass is 523 g/mol. The Morgan fingerprint density at radius 2 is 2.09 bits per heavy atom. The Bertz CT molecular complexity index is 1170. The Labute approximate surface area is 211 Å². The first kappa shape index (κ1) is 26.9. The molecule has 1 fully saturated rings. The van der Waals surface area contributed by atoms with Crippen LogP contribution in [-0.2, 0) is 17.1 Å². The van der Waals surface area contributed by atoms with E-state index in [9.17, 15) is 13.5 Å². The van der Waals surface area contributed by atoms with Crippen LogP contribution >= 0.6 is 12.2 Å². The first-order valence-electron chi connectivity index (χ1n) is 11.2. The third-order valence-electron chi connectivity index (χ3n) is 5.60. The van der Waals surface area contributed by atoms with Crippen molar-refractivity contribution in [1.29, 1.82) is 0 Å². The fraction of sp³-hybridized carbons (Fsp3) is 0.571. The third kappa shape index (κ3) is 7.92. The van der Waals surface area contributed by atoms with Gasteiger partial charge < -0.3 is 20.7 Å². The number of imidazole rings is 1. The highest BCUT2D eigenvalue weighted by atomic mass is 32.2. The molecule has 0 aromatic carbocycles. The minimum Gasteiger partial charge on any atom is -0.390 e. The Kier molecular flexibility index (Phi) is 8.41. The topological polar surface area (TPSA) is 155 Å². The fourth-order valence-corrected chi connectivity index (χ4v) is 4.59. The van der Waals surface area contributed by atoms with Crippen molar-refractivity contribution >= 4 is 39.5 Å². The Balaban J connectivity index is 1.83. The van der Waals surface area contributed by atoms with Crippen LogP contribution in [0.15, 0.2) is 23.7 Å². The van der Waals surface area contributed by atoms with Gasteiger partial charge in [0.1, 0.15) is 0 Å². The second-order valence-corrected chi connectivity index (χ2v) is 11.6. The molecule has 12 nitrogen and oxygen atoms in total. The molecule has 192 valence electrons. The van der Waals surface area contributed by atoms with E-state index in [4.69, 9.17) is 18.0 Å². The Hall–Kier alpha value is -2.68. The number of nitrogens with zero attached hydrogens (tertiary/aromatic N) is 7. The average Bonchev–Trinajstić information content (AvgIpc) is 3.18. The van der Waals surface area contributed by atoms with E-state index in [-0.39, 0.29) is 11.2 Å². The second kappa shape index (κ2) is 10.9. The van der Waals surface area contributed by atoms with E-state index < -0.39 is 15.6 Å². The van der Waals surface area contributed by atoms with E-state index in [0.717, 1.165) is 5.69 Å². The summed E-state index contributed by atoms with van der Waals surface area (Å²) in [5, 5.41) is 19.3. The molecule has 1 aliphatic rings. The van der Waals surface area contributed by atoms with Gasteiger partial charge in [-0.3, -0.25) is 0 Å². The van der Waals surface area contributed by atoms with Gasteiger partial charge in [-0.2, -0.15) is 5.10 Å². The highest BCUT2D eigenvalue weighted by Crippen LogP contribution is 2.21. The summed E-state index contributed by atoms with van der Waals surface area (Å²) < 4.78 is 26.9. The summed E-state index contributed by atoms with van der Waals surface area (Å²) in [6.45, 7) is 4.64. The van der Waals surface area contributed by atoms with Crippen LogP contribution in [0.25, 0.3) is 11.4 Å². The minimum absolute atomic E-state index is 0.0273. The van der Waals surface area contributed by atoms with Crippen LogP contribution in [0.1, 0.15) is 38.8 Å². The molecule has 1 saturated heterocycles. The van der Waals surface area contributed by atoms with Gasteiger partial charge >= 0.3 is 0 Å². The van der Waals surface area contributed by atoms with Gasteiger partial charge in [0.15, 0.2) is 5.11 Å². The number of aryl methyl sites for hydroxylation is 1. The number of hydrogen-bond acceptors (Lipinski definition) is 9. The normalized spacial score (nSPS) is 16.0. The maximum absolute atomic E-state index is 11.8. The lowest BCUT2D eigenvalue weighted by molar-refractivity contribution is 0.0649. The van der Waals surface area contributed by atoms with Crippen LogP contribution in [0.2, 0.25) is 0 Å². The van der Waals surface area contributed by atoms with Gasteiger partial charge in [-0.05, 0) is 51.4 Å². The number of nitrogens with two attached hydrogens (primary N) is 1. The smallest absolute Gasteiger partial charge is 0.224 e. The molecule has 0 unspecified atom stereocenters. The average molecular weight is 524 g/mol. The number of piperidine rings is 1. The maximum atomic E-state index is 11.8. The lowest BCUT2D eigenvalue weighted by Gasteiger charge is -2.30. The first-order valence-corrected chi connectivity index (χ1v) is 13.5. The van der Waals surface area contributed by atoms with Crippen LogP contribution in [0.5, 0.6) is 0 Å². The van der Waals surface area contributed by atoms with E-state index in [1.165, 1.54) is 15.6 Å². The number of aliphatic hydroxyl groups is 1. The van der Waals surface area contributed by atoms with Gasteiger partial charge in [-0.1, -0.05) is 0 Å². The predicted molar refractivity (Wildman–Crippen MR) is 139 cm³/mol. The van der Waals surface area contributed by atoms with Crippen LogP contribution in [0, 0.1) is 0 Å². The molecule has 0 amide bonds. The molecule has 0 radical (unpaired) electrons. The lowest BCUT2D eigenvalue weighted by atomic mass is 10.1. The summed E-state index contributed by atoms with van der Waals surface area (Å²) in [6.07, 6.45) is 7.87. The molecular formula is C21H33N9O3S2. The standard InChI is InChI=1S/C21H33N9O3S2/c1-21(2,31)7-10-30(19(22)34)24-12-16-11-17(18-13-23-14-28(18)3)27-20(26-16)25-15-5-8-29(9-6-15)35(4,32)33/h11-15,31H,5-10H2,1-4H3,(H2,22,34)(H,25,26,27). The quantitative estimate of drug-likeness (QED) is 0.244. The SMILES string of the molecule is Cn1cncc1-c1cc(C=NN(CCC(C)(C)O)C(N)=S)nc(NC2CCN(S(C)(=O)=O)CC2)n1. The Morgan fingerprint density at radius 3 is 2.63 bits per heavy atom. The number of thiocarbonyl (C=S) groups is 1. The predicted octanol–water partition coefficient (Wildman–Crippen LogP) is 0.754. The molecule has 2 aromatic rings. The largest absolute Gasteiger partial charge is 0.390 e. The van der Waals surface area contributed by atoms with Gasteiger partial charge in [0.2, 0.25) is 16.0 Å². The number of sulfonamides is 1. The summed E-state index contributed by atoms with van der Waals surface area (Å²) in [6, 6.07) is 1.81. The number of aromatic nitrogens is 4. The van der Waals surface area contributed by atoms with E-state index in [1.54, 1.807) is 38.7 Å². The molecule has 0 aliphatic carbocycles. The van der Waals surface area contributed by atoms with Crippen molar-refractivity contribution in [2.45, 2.75) is 44.8 Å². The lowest BCUT2D eigenvalue weighted by Crippen LogP contribution is -2.42. The molecule has 0 saturated carbocycles. The summed E-state index contributed by atoms with van der Waals surface area (Å²) >= 11 is 5.10. The van der Waals surface area contributed by atoms with E-state index >= 15 is 0 Å². The Morgan fingerprint density at radius 1 is 1.40 bits per heavy atom. The summed E-state index contributed by atoms with van der Waals surface area (Å²) in [4.78, 5) is 13.4. The van der Waals surface area contributed by atoms with Crippen LogP contribution in [-0.4, -0.2) is 91.2 Å². The second-order valence-electron chi connectivity index (χ2n) is 9.24. The molecule has 0 atom stereocenters. The zero-order valence-corrected chi connectivity index (χ0v) is 22.1. The zero-order valence-electron chi connectivity index (χ0n) is 20.4. The van der Waals surface area contributed by atoms with Crippen molar-refractivity contribution in [2.75, 3.05) is 31.2 Å². The van der Waals surface area contributed by atoms with Crippen LogP contribution in [0.4, 0.5) is 5.95 Å². The molecule has 3 rings (SSSR count). The third-order valence-corrected chi connectivity index (χ3v) is 7.11. The van der Waals surface area contributed by atoms with E-state index in [1.807, 2.05) is 11.6 Å². The highest BCUT2D eigenvalue weighted by Gasteiger charge is 2.25. The van der Waals surface area contributed by atoms with Crippen molar-refractivity contribution in [3.63, 3.8) is 0 Å². The zero-order chi connectivity index (χ0) is 25.8. The van der Waals surface area contributed by atoms with Gasteiger partial charge in [0.05, 0.1) is 47.7 Å². The molecule has 4 N–H and O–H groups in total. The molecular weight excluding hydrogens is 490 g/mol. The van der Waals surface area contributed by atoms with Crippen LogP contribution in [0.3, 0.4) is 0 Å². The number of rotatable bonds is 9. The molecule has 0 bridgehead atoms. The number of anilines is 1. The highest BCUT2D eigenvalue weighted by molar-refractivity contribution is 7.88.